The van der Waals surface area contributed by atoms with E-state index in [1.54, 1.807) is 0 Å². The highest BCUT2D eigenvalue weighted by atomic mass is 15.3. The number of para-hydroxylation sites is 1. The number of benzene rings is 1. The van der Waals surface area contributed by atoms with Gasteiger partial charge in [-0.3, -0.25) is 4.40 Å². The third kappa shape index (κ3) is 2.32. The Kier molecular flexibility index (Phi) is 3.22. The van der Waals surface area contributed by atoms with Crippen LogP contribution in [-0.2, 0) is 0 Å². The summed E-state index contributed by atoms with van der Waals surface area (Å²) in [5.41, 5.74) is 15.5. The summed E-state index contributed by atoms with van der Waals surface area (Å²) in [7, 11) is 0. The molecule has 0 atom stereocenters. The normalized spacial score (nSPS) is 15.3. The van der Waals surface area contributed by atoms with Gasteiger partial charge in [-0.25, -0.2) is 4.98 Å². The molecule has 0 bridgehead atoms. The first-order chi connectivity index (χ1) is 11.2. The van der Waals surface area contributed by atoms with Crippen molar-refractivity contribution < 1.29 is 0 Å². The highest BCUT2D eigenvalue weighted by Crippen LogP contribution is 2.29. The first-order valence-electron chi connectivity index (χ1n) is 7.79. The molecule has 4 N–H and O–H groups in total. The molecule has 6 heteroatoms. The fraction of sp³-hybridized carbons (Fsp3) is 0.235. The molecular formula is C17H20N6. The molecular weight excluding hydrogens is 288 g/mol. The van der Waals surface area contributed by atoms with Gasteiger partial charge < -0.3 is 21.3 Å². The number of pyridine rings is 1. The third-order valence-electron chi connectivity index (χ3n) is 4.49. The maximum atomic E-state index is 6.13. The molecule has 2 aromatic heterocycles. The van der Waals surface area contributed by atoms with Crippen LogP contribution in [0.5, 0.6) is 0 Å². The Morgan fingerprint density at radius 1 is 0.870 bits per heavy atom. The van der Waals surface area contributed by atoms with Crippen LogP contribution in [0.1, 0.15) is 0 Å². The third-order valence-corrected chi connectivity index (χ3v) is 4.49. The van der Waals surface area contributed by atoms with Crippen molar-refractivity contribution in [3.63, 3.8) is 0 Å². The number of piperazine rings is 1. The summed E-state index contributed by atoms with van der Waals surface area (Å²) >= 11 is 0. The van der Waals surface area contributed by atoms with Crippen molar-refractivity contribution in [2.24, 2.45) is 0 Å². The maximum Gasteiger partial charge on any atom is 0.114 e. The summed E-state index contributed by atoms with van der Waals surface area (Å²) in [5.74, 6) is 1.18. The van der Waals surface area contributed by atoms with E-state index in [2.05, 4.69) is 37.4 Å². The van der Waals surface area contributed by atoms with Crippen molar-refractivity contribution >= 4 is 28.4 Å². The second-order valence-electron chi connectivity index (χ2n) is 5.83. The number of nitrogens with zero attached hydrogens (tertiary/aromatic N) is 4. The second kappa shape index (κ2) is 5.39. The van der Waals surface area contributed by atoms with Crippen LogP contribution in [0.15, 0.2) is 48.9 Å². The van der Waals surface area contributed by atoms with Crippen LogP contribution >= 0.6 is 0 Å². The number of rotatable bonds is 2. The monoisotopic (exact) mass is 308 g/mol. The Morgan fingerprint density at radius 2 is 1.61 bits per heavy atom. The van der Waals surface area contributed by atoms with Gasteiger partial charge in [0.05, 0.1) is 28.8 Å². The van der Waals surface area contributed by atoms with Gasteiger partial charge in [0.25, 0.3) is 0 Å². The number of hydrogen-bond acceptors (Lipinski definition) is 5. The fourth-order valence-electron chi connectivity index (χ4n) is 3.21. The van der Waals surface area contributed by atoms with Gasteiger partial charge >= 0.3 is 0 Å². The van der Waals surface area contributed by atoms with Gasteiger partial charge in [0.2, 0.25) is 0 Å². The van der Waals surface area contributed by atoms with Crippen molar-refractivity contribution in [3.8, 4) is 0 Å². The van der Waals surface area contributed by atoms with E-state index >= 15 is 0 Å². The largest absolute Gasteiger partial charge is 0.397 e. The molecule has 3 aromatic rings. The standard InChI is InChI=1S/C17H20N6/c18-14-4-2-5-15(17(14)19)21-7-9-22(10-8-21)16-6-1-3-13-11-20-12-23(13)16/h1-6,11-12H,7-10,18-19H2. The van der Waals surface area contributed by atoms with Gasteiger partial charge in [0.15, 0.2) is 0 Å². The van der Waals surface area contributed by atoms with Crippen LogP contribution in [0.2, 0.25) is 0 Å². The van der Waals surface area contributed by atoms with Crippen molar-refractivity contribution in [2.75, 3.05) is 47.4 Å². The zero-order valence-electron chi connectivity index (χ0n) is 12.9. The highest BCUT2D eigenvalue weighted by molar-refractivity contribution is 5.79. The van der Waals surface area contributed by atoms with Crippen molar-refractivity contribution in [1.82, 2.24) is 9.38 Å². The first-order valence-corrected chi connectivity index (χ1v) is 7.79. The number of anilines is 4. The summed E-state index contributed by atoms with van der Waals surface area (Å²) in [6.45, 7) is 3.70. The fourth-order valence-corrected chi connectivity index (χ4v) is 3.21. The molecule has 0 radical (unpaired) electrons. The van der Waals surface area contributed by atoms with Crippen molar-refractivity contribution in [1.29, 1.82) is 0 Å². The highest BCUT2D eigenvalue weighted by Gasteiger charge is 2.20. The quantitative estimate of drug-likeness (QED) is 0.706. The van der Waals surface area contributed by atoms with E-state index in [-0.39, 0.29) is 0 Å². The zero-order chi connectivity index (χ0) is 15.8. The predicted octanol–water partition coefficient (Wildman–Crippen LogP) is 1.83. The second-order valence-corrected chi connectivity index (χ2v) is 5.83. The van der Waals surface area contributed by atoms with Crippen LogP contribution in [0.3, 0.4) is 0 Å². The van der Waals surface area contributed by atoms with E-state index in [0.29, 0.717) is 11.4 Å². The maximum absolute atomic E-state index is 6.13. The molecule has 0 unspecified atom stereocenters. The average molecular weight is 308 g/mol. The van der Waals surface area contributed by atoms with E-state index in [0.717, 1.165) is 37.4 Å². The topological polar surface area (TPSA) is 75.8 Å². The van der Waals surface area contributed by atoms with Gasteiger partial charge in [-0.15, -0.1) is 0 Å². The van der Waals surface area contributed by atoms with Gasteiger partial charge in [-0.1, -0.05) is 12.1 Å². The van der Waals surface area contributed by atoms with Crippen LogP contribution < -0.4 is 21.3 Å². The van der Waals surface area contributed by atoms with Gasteiger partial charge in [0, 0.05) is 26.2 Å². The van der Waals surface area contributed by atoms with E-state index in [4.69, 9.17) is 11.5 Å². The molecule has 1 aliphatic rings. The average Bonchev–Trinajstić information content (AvgIpc) is 3.06. The van der Waals surface area contributed by atoms with E-state index in [9.17, 15) is 0 Å². The molecule has 4 rings (SSSR count). The number of hydrogen-bond donors (Lipinski definition) is 2. The molecule has 0 aliphatic carbocycles. The molecule has 1 aromatic carbocycles. The van der Waals surface area contributed by atoms with E-state index in [1.165, 1.54) is 5.82 Å². The SMILES string of the molecule is Nc1cccc(N2CCN(c3cccc4cncn34)CC2)c1N. The summed E-state index contributed by atoms with van der Waals surface area (Å²) < 4.78 is 2.13. The van der Waals surface area contributed by atoms with Crippen LogP contribution in [0.25, 0.3) is 5.52 Å². The molecule has 1 saturated heterocycles. The molecule has 0 saturated carbocycles. The van der Waals surface area contributed by atoms with Crippen LogP contribution in [-0.4, -0.2) is 35.6 Å². The van der Waals surface area contributed by atoms with Crippen LogP contribution in [0.4, 0.5) is 22.9 Å². The minimum atomic E-state index is 0.646. The number of nitrogens with two attached hydrogens (primary N) is 2. The molecule has 118 valence electrons. The minimum Gasteiger partial charge on any atom is -0.397 e. The van der Waals surface area contributed by atoms with Gasteiger partial charge in [-0.2, -0.15) is 0 Å². The minimum absolute atomic E-state index is 0.646. The van der Waals surface area contributed by atoms with Gasteiger partial charge in [0.1, 0.15) is 12.1 Å². The lowest BCUT2D eigenvalue weighted by molar-refractivity contribution is 0.645. The molecule has 3 heterocycles. The van der Waals surface area contributed by atoms with Crippen molar-refractivity contribution in [2.45, 2.75) is 0 Å². The Balaban J connectivity index is 1.55. The molecule has 1 fully saturated rings. The number of nitrogen functional groups attached to an aromatic ring is 2. The Hall–Kier alpha value is -2.89. The predicted molar refractivity (Wildman–Crippen MR) is 94.9 cm³/mol. The van der Waals surface area contributed by atoms with E-state index in [1.807, 2.05) is 30.7 Å². The summed E-state index contributed by atoms with van der Waals surface area (Å²) in [6.07, 6.45) is 3.75. The zero-order valence-corrected chi connectivity index (χ0v) is 12.9. The smallest absolute Gasteiger partial charge is 0.114 e. The lowest BCUT2D eigenvalue weighted by Crippen LogP contribution is -2.47. The molecule has 6 nitrogen and oxygen atoms in total. The number of aromatic nitrogens is 2. The number of fused-ring (bicyclic) bond motifs is 1. The summed E-state index contributed by atoms with van der Waals surface area (Å²) in [4.78, 5) is 8.92. The molecule has 1 aliphatic heterocycles. The first kappa shape index (κ1) is 13.8. The Bertz CT molecular complexity index is 832. The van der Waals surface area contributed by atoms with Gasteiger partial charge in [-0.05, 0) is 24.3 Å². The molecule has 0 spiro atoms. The molecule has 23 heavy (non-hydrogen) atoms. The Labute approximate surface area is 134 Å². The Morgan fingerprint density at radius 3 is 2.43 bits per heavy atom. The van der Waals surface area contributed by atoms with Crippen molar-refractivity contribution in [3.05, 3.63) is 48.9 Å². The van der Waals surface area contributed by atoms with Crippen LogP contribution in [0, 0.1) is 0 Å². The summed E-state index contributed by atoms with van der Waals surface area (Å²) in [6, 6.07) is 12.1. The van der Waals surface area contributed by atoms with E-state index < -0.39 is 0 Å². The summed E-state index contributed by atoms with van der Waals surface area (Å²) in [5, 5.41) is 0. The number of imidazole rings is 1. The lowest BCUT2D eigenvalue weighted by Gasteiger charge is -2.38. The molecule has 0 amide bonds. The lowest BCUT2D eigenvalue weighted by atomic mass is 10.2.